The summed E-state index contributed by atoms with van der Waals surface area (Å²) in [5.74, 6) is 0.0343. The lowest BCUT2D eigenvalue weighted by molar-refractivity contribution is 0.0955. The van der Waals surface area contributed by atoms with Gasteiger partial charge in [0, 0.05) is 28.7 Å². The van der Waals surface area contributed by atoms with Crippen LogP contribution in [0.2, 0.25) is 0 Å². The summed E-state index contributed by atoms with van der Waals surface area (Å²) >= 11 is 0. The van der Waals surface area contributed by atoms with Crippen LogP contribution in [0, 0.1) is 0 Å². The number of hydrazone groups is 1. The molecule has 0 bridgehead atoms. The predicted octanol–water partition coefficient (Wildman–Crippen LogP) is 2.92. The minimum atomic E-state index is -0.418. The monoisotopic (exact) mass is 428 g/mol. The van der Waals surface area contributed by atoms with Gasteiger partial charge in [0.25, 0.3) is 11.5 Å². The normalized spacial score (nSPS) is 11.0. The van der Waals surface area contributed by atoms with Gasteiger partial charge in [0.1, 0.15) is 5.75 Å². The van der Waals surface area contributed by atoms with Crippen LogP contribution in [0.3, 0.4) is 0 Å². The lowest BCUT2D eigenvalue weighted by atomic mass is 10.1. The van der Waals surface area contributed by atoms with Gasteiger partial charge >= 0.3 is 0 Å². The molecule has 0 unspecified atom stereocenters. The molecular weight excluding hydrogens is 408 g/mol. The van der Waals surface area contributed by atoms with Gasteiger partial charge in [-0.2, -0.15) is 5.10 Å². The molecule has 0 spiro atoms. The maximum atomic E-state index is 13.1. The Bertz CT molecular complexity index is 1350. The molecule has 32 heavy (non-hydrogen) atoms. The number of ether oxygens (including phenoxy) is 1. The van der Waals surface area contributed by atoms with Crippen molar-refractivity contribution in [2.75, 3.05) is 7.11 Å². The Kier molecular flexibility index (Phi) is 5.94. The quantitative estimate of drug-likeness (QED) is 0.363. The molecule has 0 radical (unpaired) electrons. The lowest BCUT2D eigenvalue weighted by Crippen LogP contribution is -2.23. The molecule has 2 heterocycles. The van der Waals surface area contributed by atoms with E-state index in [4.69, 9.17) is 4.74 Å². The maximum Gasteiger partial charge on any atom is 0.271 e. The van der Waals surface area contributed by atoms with Crippen molar-refractivity contribution < 1.29 is 14.6 Å². The van der Waals surface area contributed by atoms with E-state index in [2.05, 4.69) is 15.5 Å². The highest BCUT2D eigenvalue weighted by atomic mass is 16.5. The number of hydrogen-bond acceptors (Lipinski definition) is 6. The Hall–Kier alpha value is -4.46. The molecule has 0 saturated carbocycles. The van der Waals surface area contributed by atoms with Gasteiger partial charge in [-0.25, -0.2) is 5.43 Å². The first kappa shape index (κ1) is 20.8. The molecule has 0 aliphatic rings. The Morgan fingerprint density at radius 1 is 1.09 bits per heavy atom. The van der Waals surface area contributed by atoms with Crippen LogP contribution < -0.4 is 15.7 Å². The van der Waals surface area contributed by atoms with Crippen molar-refractivity contribution in [3.63, 3.8) is 0 Å². The minimum absolute atomic E-state index is 0.156. The topological polar surface area (TPSA) is 106 Å². The third kappa shape index (κ3) is 4.20. The van der Waals surface area contributed by atoms with Crippen LogP contribution in [0.5, 0.6) is 11.6 Å². The van der Waals surface area contributed by atoms with Gasteiger partial charge in [0.2, 0.25) is 5.88 Å². The second-order valence-electron chi connectivity index (χ2n) is 6.96. The molecule has 8 nitrogen and oxygen atoms in total. The van der Waals surface area contributed by atoms with Crippen LogP contribution >= 0.6 is 0 Å². The van der Waals surface area contributed by atoms with Crippen LogP contribution in [0.25, 0.3) is 10.8 Å². The number of carbonyl (C=O) groups is 1. The van der Waals surface area contributed by atoms with Crippen molar-refractivity contribution >= 4 is 22.9 Å². The number of hydrogen-bond donors (Lipinski definition) is 2. The number of aromatic hydroxyl groups is 1. The number of amides is 1. The number of rotatable bonds is 6. The zero-order chi connectivity index (χ0) is 22.5. The number of carbonyl (C=O) groups excluding carboxylic acids is 1. The van der Waals surface area contributed by atoms with Crippen LogP contribution in [0.15, 0.2) is 83.0 Å². The fourth-order valence-electron chi connectivity index (χ4n) is 3.32. The van der Waals surface area contributed by atoms with Crippen LogP contribution in [-0.4, -0.2) is 33.9 Å². The Morgan fingerprint density at radius 2 is 1.78 bits per heavy atom. The van der Waals surface area contributed by atoms with Gasteiger partial charge in [-0.1, -0.05) is 30.3 Å². The van der Waals surface area contributed by atoms with E-state index in [1.54, 1.807) is 55.6 Å². The molecule has 4 rings (SSSR count). The average Bonchev–Trinajstić information content (AvgIpc) is 2.84. The van der Waals surface area contributed by atoms with Crippen molar-refractivity contribution in [1.29, 1.82) is 0 Å². The summed E-state index contributed by atoms with van der Waals surface area (Å²) in [7, 11) is 1.58. The van der Waals surface area contributed by atoms with Gasteiger partial charge in [-0.3, -0.25) is 19.1 Å². The Morgan fingerprint density at radius 3 is 2.47 bits per heavy atom. The molecule has 0 aliphatic carbocycles. The van der Waals surface area contributed by atoms with Gasteiger partial charge in [-0.15, -0.1) is 0 Å². The molecule has 2 aromatic carbocycles. The van der Waals surface area contributed by atoms with E-state index in [1.807, 2.05) is 12.1 Å². The van der Waals surface area contributed by atoms with Gasteiger partial charge in [0.05, 0.1) is 25.4 Å². The fraction of sp³-hybridized carbons (Fsp3) is 0.0833. The van der Waals surface area contributed by atoms with Crippen molar-refractivity contribution in [2.24, 2.45) is 5.10 Å². The fourth-order valence-corrected chi connectivity index (χ4v) is 3.32. The smallest absolute Gasteiger partial charge is 0.271 e. The second-order valence-corrected chi connectivity index (χ2v) is 6.96. The SMILES string of the molecule is COc1ccc(Cn2c(O)c(C=NNC(=O)c3ccncc3)c3ccccc3c2=O)cc1. The molecule has 4 aromatic rings. The predicted molar refractivity (Wildman–Crippen MR) is 121 cm³/mol. The molecule has 8 heteroatoms. The number of aromatic nitrogens is 2. The van der Waals surface area contributed by atoms with E-state index < -0.39 is 5.91 Å². The third-order valence-corrected chi connectivity index (χ3v) is 4.99. The number of benzene rings is 2. The largest absolute Gasteiger partial charge is 0.497 e. The lowest BCUT2D eigenvalue weighted by Gasteiger charge is -2.14. The van der Waals surface area contributed by atoms with Gasteiger partial charge < -0.3 is 9.84 Å². The molecule has 0 atom stereocenters. The first-order chi connectivity index (χ1) is 15.6. The second kappa shape index (κ2) is 9.13. The molecule has 1 amide bonds. The first-order valence-electron chi connectivity index (χ1n) is 9.79. The van der Waals surface area contributed by atoms with E-state index >= 15 is 0 Å². The summed E-state index contributed by atoms with van der Waals surface area (Å²) in [5, 5.41) is 15.9. The molecule has 2 aromatic heterocycles. The summed E-state index contributed by atoms with van der Waals surface area (Å²) in [6.07, 6.45) is 4.35. The van der Waals surface area contributed by atoms with E-state index in [0.29, 0.717) is 27.6 Å². The van der Waals surface area contributed by atoms with Crippen molar-refractivity contribution in [3.05, 3.63) is 100 Å². The van der Waals surface area contributed by atoms with E-state index in [-0.39, 0.29) is 18.0 Å². The summed E-state index contributed by atoms with van der Waals surface area (Å²) < 4.78 is 6.44. The van der Waals surface area contributed by atoms with Gasteiger partial charge in [-0.05, 0) is 35.9 Å². The first-order valence-corrected chi connectivity index (χ1v) is 9.79. The standard InChI is InChI=1S/C24H20N4O4/c1-32-18-8-6-16(7-9-18)15-28-23(30)20-5-3-2-4-19(20)21(24(28)31)14-26-27-22(29)17-10-12-25-13-11-17/h2-14,31H,15H2,1H3,(H,27,29). The van der Waals surface area contributed by atoms with Crippen molar-refractivity contribution in [3.8, 4) is 11.6 Å². The van der Waals surface area contributed by atoms with E-state index in [0.717, 1.165) is 5.56 Å². The molecule has 2 N–H and O–H groups in total. The third-order valence-electron chi connectivity index (χ3n) is 4.99. The zero-order valence-electron chi connectivity index (χ0n) is 17.2. The van der Waals surface area contributed by atoms with Gasteiger partial charge in [0.15, 0.2) is 0 Å². The number of methoxy groups -OCH3 is 1. The highest BCUT2D eigenvalue weighted by molar-refractivity contribution is 6.02. The number of pyridine rings is 2. The highest BCUT2D eigenvalue weighted by Gasteiger charge is 2.15. The van der Waals surface area contributed by atoms with Crippen molar-refractivity contribution in [1.82, 2.24) is 15.0 Å². The summed E-state index contributed by atoms with van der Waals surface area (Å²) in [4.78, 5) is 29.1. The maximum absolute atomic E-state index is 13.1. The van der Waals surface area contributed by atoms with Crippen LogP contribution in [0.1, 0.15) is 21.5 Å². The van der Waals surface area contributed by atoms with Crippen LogP contribution in [0.4, 0.5) is 0 Å². The molecule has 0 fully saturated rings. The minimum Gasteiger partial charge on any atom is -0.497 e. The van der Waals surface area contributed by atoms with E-state index in [1.165, 1.54) is 23.2 Å². The van der Waals surface area contributed by atoms with E-state index in [9.17, 15) is 14.7 Å². The molecule has 0 saturated heterocycles. The average molecular weight is 428 g/mol. The Balaban J connectivity index is 1.71. The molecule has 0 aliphatic heterocycles. The highest BCUT2D eigenvalue weighted by Crippen LogP contribution is 2.24. The summed E-state index contributed by atoms with van der Waals surface area (Å²) in [6.45, 7) is 0.156. The van der Waals surface area contributed by atoms with Crippen molar-refractivity contribution in [2.45, 2.75) is 6.54 Å². The number of fused-ring (bicyclic) bond motifs is 1. The summed E-state index contributed by atoms with van der Waals surface area (Å²) in [5.41, 5.74) is 3.63. The Labute approximate surface area is 183 Å². The zero-order valence-corrected chi connectivity index (χ0v) is 17.2. The number of nitrogens with one attached hydrogen (secondary N) is 1. The van der Waals surface area contributed by atoms with Crippen LogP contribution in [-0.2, 0) is 6.54 Å². The summed E-state index contributed by atoms with van der Waals surface area (Å²) in [6, 6.07) is 17.3. The molecule has 160 valence electrons. The number of nitrogens with zero attached hydrogens (tertiary/aromatic N) is 3. The molecular formula is C24H20N4O4.